The first-order valence-electron chi connectivity index (χ1n) is 12.7. The highest BCUT2D eigenvalue weighted by atomic mass is 19.4. The lowest BCUT2D eigenvalue weighted by molar-refractivity contribution is -0.138. The summed E-state index contributed by atoms with van der Waals surface area (Å²) in [5.74, 6) is 1.29. The molecule has 0 atom stereocenters. The Morgan fingerprint density at radius 1 is 0.919 bits per heavy atom. The van der Waals surface area contributed by atoms with E-state index >= 15 is 0 Å². The highest BCUT2D eigenvalue weighted by Crippen LogP contribution is 2.34. The lowest BCUT2D eigenvalue weighted by Crippen LogP contribution is -2.39. The van der Waals surface area contributed by atoms with E-state index in [1.54, 1.807) is 6.07 Å². The number of nitrogens with zero attached hydrogens (tertiary/aromatic N) is 3. The Balaban J connectivity index is 1.74. The summed E-state index contributed by atoms with van der Waals surface area (Å²) in [5, 5.41) is 0. The van der Waals surface area contributed by atoms with Gasteiger partial charge in [-0.3, -0.25) is 4.90 Å². The van der Waals surface area contributed by atoms with Crippen molar-refractivity contribution in [1.82, 2.24) is 14.5 Å². The molecule has 0 fully saturated rings. The molecule has 0 radical (unpaired) electrons. The maximum Gasteiger partial charge on any atom is 0.416 e. The molecule has 7 heteroatoms. The molecule has 4 nitrogen and oxygen atoms in total. The fraction of sp³-hybridized carbons (Fsp3) is 0.367. The van der Waals surface area contributed by atoms with E-state index in [0.29, 0.717) is 35.8 Å². The molecule has 0 amide bonds. The number of alkyl halides is 3. The minimum absolute atomic E-state index is 0.0351. The van der Waals surface area contributed by atoms with E-state index in [9.17, 15) is 13.2 Å². The molecule has 0 aliphatic rings. The number of aryl methyl sites for hydroxylation is 1. The van der Waals surface area contributed by atoms with E-state index in [4.69, 9.17) is 9.72 Å². The third-order valence-corrected chi connectivity index (χ3v) is 6.59. The summed E-state index contributed by atoms with van der Waals surface area (Å²) in [6, 6.07) is 20.0. The number of benzene rings is 3. The summed E-state index contributed by atoms with van der Waals surface area (Å²) in [6.07, 6.45) is -4.44. The minimum Gasteiger partial charge on any atom is -0.492 e. The molecular formula is C30H34F3N3O. The largest absolute Gasteiger partial charge is 0.492 e. The monoisotopic (exact) mass is 509 g/mol. The van der Waals surface area contributed by atoms with Gasteiger partial charge in [0.1, 0.15) is 18.2 Å². The minimum atomic E-state index is -4.44. The number of ether oxygens (including phenoxy) is 1. The second kappa shape index (κ2) is 11.0. The van der Waals surface area contributed by atoms with E-state index in [-0.39, 0.29) is 12.1 Å². The van der Waals surface area contributed by atoms with Crippen LogP contribution in [0, 0.1) is 6.92 Å². The standard InChI is InChI=1S/C30H34F3N3O/c1-20(2)35(21(3)4)15-16-37-25-13-14-27-28(18-25)36(29(34-27)23-11-8-9-22(5)17-23)19-24-10-6-7-12-26(24)30(31,32)33/h6-14,17-18,20-21H,15-16,19H2,1-5H3. The molecular weight excluding hydrogens is 475 g/mol. The molecule has 0 saturated heterocycles. The van der Waals surface area contributed by atoms with Gasteiger partial charge in [0.15, 0.2) is 0 Å². The van der Waals surface area contributed by atoms with Gasteiger partial charge < -0.3 is 9.30 Å². The topological polar surface area (TPSA) is 30.3 Å². The molecule has 0 saturated carbocycles. The van der Waals surface area contributed by atoms with Crippen LogP contribution in [0.2, 0.25) is 0 Å². The van der Waals surface area contributed by atoms with E-state index < -0.39 is 11.7 Å². The van der Waals surface area contributed by atoms with Crippen molar-refractivity contribution >= 4 is 11.0 Å². The predicted octanol–water partition coefficient (Wildman–Crippen LogP) is 7.58. The molecule has 0 bridgehead atoms. The molecule has 4 aromatic rings. The van der Waals surface area contributed by atoms with Gasteiger partial charge in [-0.25, -0.2) is 4.98 Å². The maximum atomic E-state index is 13.8. The number of imidazole rings is 1. The first kappa shape index (κ1) is 26.7. The fourth-order valence-corrected chi connectivity index (χ4v) is 4.84. The van der Waals surface area contributed by atoms with Gasteiger partial charge in [-0.1, -0.05) is 42.0 Å². The zero-order valence-electron chi connectivity index (χ0n) is 22.0. The molecule has 1 aromatic heterocycles. The van der Waals surface area contributed by atoms with Gasteiger partial charge in [-0.05, 0) is 64.4 Å². The van der Waals surface area contributed by atoms with Crippen molar-refractivity contribution in [2.45, 2.75) is 59.4 Å². The number of hydrogen-bond donors (Lipinski definition) is 0. The van der Waals surface area contributed by atoms with E-state index in [1.165, 1.54) is 12.1 Å². The third kappa shape index (κ3) is 6.16. The van der Waals surface area contributed by atoms with Crippen LogP contribution >= 0.6 is 0 Å². The molecule has 0 spiro atoms. The van der Waals surface area contributed by atoms with Crippen LogP contribution in [-0.2, 0) is 12.7 Å². The molecule has 0 N–H and O–H groups in total. The SMILES string of the molecule is Cc1cccc(-c2nc3ccc(OCCN(C(C)C)C(C)C)cc3n2Cc2ccccc2C(F)(F)F)c1. The van der Waals surface area contributed by atoms with Gasteiger partial charge in [0.25, 0.3) is 0 Å². The summed E-state index contributed by atoms with van der Waals surface area (Å²) in [6.45, 7) is 12.0. The second-order valence-corrected chi connectivity index (χ2v) is 9.97. The Hall–Kier alpha value is -3.32. The number of halogens is 3. The van der Waals surface area contributed by atoms with Gasteiger partial charge in [0.2, 0.25) is 0 Å². The van der Waals surface area contributed by atoms with E-state index in [1.807, 2.05) is 54.0 Å². The first-order chi connectivity index (χ1) is 17.5. The molecule has 0 aliphatic carbocycles. The third-order valence-electron chi connectivity index (χ3n) is 6.59. The Morgan fingerprint density at radius 2 is 1.65 bits per heavy atom. The second-order valence-electron chi connectivity index (χ2n) is 9.97. The average molecular weight is 510 g/mol. The van der Waals surface area contributed by atoms with Crippen LogP contribution in [-0.4, -0.2) is 39.7 Å². The molecule has 196 valence electrons. The van der Waals surface area contributed by atoms with Crippen LogP contribution < -0.4 is 4.74 Å². The van der Waals surface area contributed by atoms with Crippen molar-refractivity contribution in [2.24, 2.45) is 0 Å². The summed E-state index contributed by atoms with van der Waals surface area (Å²) in [5.41, 5.74) is 2.90. The van der Waals surface area contributed by atoms with Crippen molar-refractivity contribution in [3.63, 3.8) is 0 Å². The van der Waals surface area contributed by atoms with Crippen LogP contribution in [0.25, 0.3) is 22.4 Å². The van der Waals surface area contributed by atoms with Crippen molar-refractivity contribution in [3.8, 4) is 17.1 Å². The fourth-order valence-electron chi connectivity index (χ4n) is 4.84. The van der Waals surface area contributed by atoms with Gasteiger partial charge in [0, 0.05) is 30.3 Å². The molecule has 37 heavy (non-hydrogen) atoms. The lowest BCUT2D eigenvalue weighted by atomic mass is 10.1. The zero-order valence-corrected chi connectivity index (χ0v) is 22.0. The van der Waals surface area contributed by atoms with Crippen LogP contribution in [0.3, 0.4) is 0 Å². The Kier molecular flexibility index (Phi) is 7.93. The van der Waals surface area contributed by atoms with Gasteiger partial charge in [-0.2, -0.15) is 13.2 Å². The smallest absolute Gasteiger partial charge is 0.416 e. The maximum absolute atomic E-state index is 13.8. The first-order valence-corrected chi connectivity index (χ1v) is 12.7. The lowest BCUT2D eigenvalue weighted by Gasteiger charge is -2.30. The quantitative estimate of drug-likeness (QED) is 0.233. The van der Waals surface area contributed by atoms with Gasteiger partial charge in [0.05, 0.1) is 23.1 Å². The van der Waals surface area contributed by atoms with Crippen LogP contribution in [0.5, 0.6) is 5.75 Å². The highest BCUT2D eigenvalue weighted by Gasteiger charge is 2.33. The van der Waals surface area contributed by atoms with Gasteiger partial charge in [-0.15, -0.1) is 0 Å². The summed E-state index contributed by atoms with van der Waals surface area (Å²) >= 11 is 0. The summed E-state index contributed by atoms with van der Waals surface area (Å²) < 4.78 is 49.4. The Morgan fingerprint density at radius 3 is 2.32 bits per heavy atom. The van der Waals surface area contributed by atoms with E-state index in [0.717, 1.165) is 29.3 Å². The van der Waals surface area contributed by atoms with Crippen molar-refractivity contribution in [3.05, 3.63) is 83.4 Å². The zero-order chi connectivity index (χ0) is 26.7. The molecule has 1 heterocycles. The van der Waals surface area contributed by atoms with Gasteiger partial charge >= 0.3 is 6.18 Å². The Bertz CT molecular complexity index is 1350. The number of fused-ring (bicyclic) bond motifs is 1. The van der Waals surface area contributed by atoms with Crippen LogP contribution in [0.1, 0.15) is 44.4 Å². The van der Waals surface area contributed by atoms with Crippen molar-refractivity contribution in [1.29, 1.82) is 0 Å². The highest BCUT2D eigenvalue weighted by molar-refractivity contribution is 5.82. The number of aromatic nitrogens is 2. The summed E-state index contributed by atoms with van der Waals surface area (Å²) in [4.78, 5) is 7.18. The van der Waals surface area contributed by atoms with Crippen LogP contribution in [0.4, 0.5) is 13.2 Å². The van der Waals surface area contributed by atoms with Crippen LogP contribution in [0.15, 0.2) is 66.7 Å². The molecule has 4 rings (SSSR count). The predicted molar refractivity (Wildman–Crippen MR) is 143 cm³/mol. The normalized spacial score (nSPS) is 12.3. The molecule has 0 aliphatic heterocycles. The Labute approximate surface area is 216 Å². The number of hydrogen-bond acceptors (Lipinski definition) is 3. The molecule has 3 aromatic carbocycles. The van der Waals surface area contributed by atoms with E-state index in [2.05, 4.69) is 32.6 Å². The molecule has 0 unspecified atom stereocenters. The van der Waals surface area contributed by atoms with Crippen molar-refractivity contribution < 1.29 is 17.9 Å². The number of rotatable bonds is 9. The van der Waals surface area contributed by atoms with Crippen molar-refractivity contribution in [2.75, 3.05) is 13.2 Å². The average Bonchev–Trinajstić information content (AvgIpc) is 3.18. The summed E-state index contributed by atoms with van der Waals surface area (Å²) in [7, 11) is 0.